The van der Waals surface area contributed by atoms with Gasteiger partial charge in [0.25, 0.3) is 5.56 Å². The summed E-state index contributed by atoms with van der Waals surface area (Å²) in [7, 11) is 0. The fraction of sp³-hybridized carbons (Fsp3) is 0.120. The Morgan fingerprint density at radius 1 is 1.03 bits per heavy atom. The molecule has 0 atom stereocenters. The predicted molar refractivity (Wildman–Crippen MR) is 132 cm³/mol. The Balaban J connectivity index is 1.40. The molecule has 1 amide bonds. The first-order valence-corrected chi connectivity index (χ1v) is 11.4. The summed E-state index contributed by atoms with van der Waals surface area (Å²) < 4.78 is 1.67. The lowest BCUT2D eigenvalue weighted by Crippen LogP contribution is -2.16. The highest BCUT2D eigenvalue weighted by Gasteiger charge is 2.15. The number of hydrogen-bond donors (Lipinski definition) is 2. The maximum Gasteiger partial charge on any atom is 0.262 e. The monoisotopic (exact) mass is 455 g/mol. The van der Waals surface area contributed by atoms with Gasteiger partial charge in [0.15, 0.2) is 10.8 Å². The summed E-state index contributed by atoms with van der Waals surface area (Å²) in [6.07, 6.45) is 1.52. The molecule has 0 bridgehead atoms. The largest absolute Gasteiger partial charge is 0.325 e. The van der Waals surface area contributed by atoms with Gasteiger partial charge in [-0.1, -0.05) is 60.3 Å². The van der Waals surface area contributed by atoms with Gasteiger partial charge in [0.05, 0.1) is 17.6 Å². The first-order valence-electron chi connectivity index (χ1n) is 10.5. The minimum absolute atomic E-state index is 0.106. The van der Waals surface area contributed by atoms with Gasteiger partial charge in [-0.25, -0.2) is 9.67 Å². The van der Waals surface area contributed by atoms with Gasteiger partial charge in [-0.2, -0.15) is 5.10 Å². The molecule has 8 heteroatoms. The van der Waals surface area contributed by atoms with Gasteiger partial charge >= 0.3 is 0 Å². The first-order chi connectivity index (χ1) is 16.0. The van der Waals surface area contributed by atoms with Crippen LogP contribution in [0.1, 0.15) is 11.1 Å². The topological polar surface area (TPSA) is 92.7 Å². The van der Waals surface area contributed by atoms with Crippen LogP contribution in [0.2, 0.25) is 0 Å². The predicted octanol–water partition coefficient (Wildman–Crippen LogP) is 4.61. The summed E-state index contributed by atoms with van der Waals surface area (Å²) in [5, 5.41) is 10.2. The molecule has 2 aromatic heterocycles. The van der Waals surface area contributed by atoms with Gasteiger partial charge < -0.3 is 10.3 Å². The lowest BCUT2D eigenvalue weighted by atomic mass is 10.1. The second kappa shape index (κ2) is 8.55. The van der Waals surface area contributed by atoms with Crippen LogP contribution >= 0.6 is 11.8 Å². The highest BCUT2D eigenvalue weighted by atomic mass is 32.2. The van der Waals surface area contributed by atoms with E-state index in [2.05, 4.69) is 20.4 Å². The molecule has 0 unspecified atom stereocenters. The van der Waals surface area contributed by atoms with Crippen LogP contribution in [0.15, 0.2) is 76.8 Å². The first kappa shape index (κ1) is 21.0. The standard InChI is InChI=1S/C25H21N5O2S/c1-15-7-5-12-21(16(15)2)30-23-19(13-26-30)24(32)29-25(28-23)33-14-22(31)27-20-11-6-9-17-8-3-4-10-18(17)20/h3-13H,14H2,1-2H3,(H,27,31)(H,28,29,32). The van der Waals surface area contributed by atoms with Crippen molar-refractivity contribution in [1.29, 1.82) is 0 Å². The molecule has 0 radical (unpaired) electrons. The van der Waals surface area contributed by atoms with Gasteiger partial charge in [0.1, 0.15) is 5.39 Å². The summed E-state index contributed by atoms with van der Waals surface area (Å²) in [5.41, 5.74) is 3.99. The van der Waals surface area contributed by atoms with E-state index in [1.807, 2.05) is 74.5 Å². The molecule has 0 saturated carbocycles. The van der Waals surface area contributed by atoms with Crippen LogP contribution in [0.3, 0.4) is 0 Å². The zero-order valence-electron chi connectivity index (χ0n) is 18.1. The number of carbonyl (C=O) groups excluding carboxylic acids is 1. The number of benzene rings is 3. The van der Waals surface area contributed by atoms with Crippen molar-refractivity contribution in [3.05, 3.63) is 88.3 Å². The molecule has 2 heterocycles. The number of thioether (sulfide) groups is 1. The second-order valence-corrected chi connectivity index (χ2v) is 8.71. The van der Waals surface area contributed by atoms with Crippen molar-refractivity contribution >= 4 is 45.2 Å². The number of aryl methyl sites for hydroxylation is 1. The second-order valence-electron chi connectivity index (χ2n) is 7.75. The molecule has 0 saturated heterocycles. The molecule has 3 aromatic carbocycles. The average molecular weight is 456 g/mol. The van der Waals surface area contributed by atoms with Crippen molar-refractivity contribution in [1.82, 2.24) is 19.7 Å². The van der Waals surface area contributed by atoms with E-state index in [1.165, 1.54) is 18.0 Å². The molecule has 5 aromatic rings. The Bertz CT molecular complexity index is 1570. The van der Waals surface area contributed by atoms with Gasteiger partial charge in [-0.15, -0.1) is 0 Å². The molecule has 5 rings (SSSR count). The lowest BCUT2D eigenvalue weighted by Gasteiger charge is -2.10. The number of aromatic amines is 1. The molecule has 0 aliphatic rings. The molecule has 164 valence electrons. The third kappa shape index (κ3) is 4.01. The smallest absolute Gasteiger partial charge is 0.262 e. The van der Waals surface area contributed by atoms with E-state index in [-0.39, 0.29) is 17.2 Å². The summed E-state index contributed by atoms with van der Waals surface area (Å²) >= 11 is 1.18. The van der Waals surface area contributed by atoms with Crippen LogP contribution < -0.4 is 10.9 Å². The van der Waals surface area contributed by atoms with E-state index in [4.69, 9.17) is 0 Å². The summed E-state index contributed by atoms with van der Waals surface area (Å²) in [6.45, 7) is 4.04. The number of amides is 1. The van der Waals surface area contributed by atoms with Crippen LogP contribution in [-0.4, -0.2) is 31.4 Å². The maximum atomic E-state index is 12.6. The average Bonchev–Trinajstić information content (AvgIpc) is 3.24. The molecule has 0 aliphatic heterocycles. The van der Waals surface area contributed by atoms with Crippen molar-refractivity contribution in [2.45, 2.75) is 19.0 Å². The third-order valence-electron chi connectivity index (χ3n) is 5.62. The minimum Gasteiger partial charge on any atom is -0.325 e. The van der Waals surface area contributed by atoms with Crippen LogP contribution in [-0.2, 0) is 4.79 Å². The molecular formula is C25H21N5O2S. The fourth-order valence-electron chi connectivity index (χ4n) is 3.76. The van der Waals surface area contributed by atoms with E-state index in [1.54, 1.807) is 4.68 Å². The Morgan fingerprint density at radius 2 is 1.82 bits per heavy atom. The van der Waals surface area contributed by atoms with Crippen molar-refractivity contribution in [2.24, 2.45) is 0 Å². The Labute approximate surface area is 193 Å². The molecule has 33 heavy (non-hydrogen) atoms. The summed E-state index contributed by atoms with van der Waals surface area (Å²) in [5.74, 6) is -0.0722. The van der Waals surface area contributed by atoms with Gasteiger partial charge in [0.2, 0.25) is 5.91 Å². The number of hydrogen-bond acceptors (Lipinski definition) is 5. The number of anilines is 1. The molecule has 0 spiro atoms. The van der Waals surface area contributed by atoms with E-state index in [0.717, 1.165) is 33.3 Å². The van der Waals surface area contributed by atoms with Crippen LogP contribution in [0.5, 0.6) is 0 Å². The zero-order chi connectivity index (χ0) is 22.9. The summed E-state index contributed by atoms with van der Waals surface area (Å²) in [6, 6.07) is 19.6. The third-order valence-corrected chi connectivity index (χ3v) is 6.50. The van der Waals surface area contributed by atoms with Crippen molar-refractivity contribution in [2.75, 3.05) is 11.1 Å². The number of rotatable bonds is 5. The van der Waals surface area contributed by atoms with E-state index in [0.29, 0.717) is 16.2 Å². The summed E-state index contributed by atoms with van der Waals surface area (Å²) in [4.78, 5) is 32.6. The maximum absolute atomic E-state index is 12.6. The number of nitrogens with zero attached hydrogens (tertiary/aromatic N) is 3. The molecule has 7 nitrogen and oxygen atoms in total. The molecule has 2 N–H and O–H groups in total. The van der Waals surface area contributed by atoms with Gasteiger partial charge in [0, 0.05) is 11.1 Å². The number of nitrogens with one attached hydrogen (secondary N) is 2. The minimum atomic E-state index is -0.284. The quantitative estimate of drug-likeness (QED) is 0.298. The fourth-order valence-corrected chi connectivity index (χ4v) is 4.42. The Morgan fingerprint density at radius 3 is 2.70 bits per heavy atom. The number of H-pyrrole nitrogens is 1. The van der Waals surface area contributed by atoms with Crippen molar-refractivity contribution < 1.29 is 4.79 Å². The van der Waals surface area contributed by atoms with Gasteiger partial charge in [-0.05, 0) is 42.5 Å². The number of aromatic nitrogens is 4. The van der Waals surface area contributed by atoms with Crippen LogP contribution in [0, 0.1) is 13.8 Å². The number of carbonyl (C=O) groups is 1. The SMILES string of the molecule is Cc1cccc(-n2ncc3c(=O)[nH]c(SCC(=O)Nc4cccc5ccccc45)nc32)c1C. The van der Waals surface area contributed by atoms with Gasteiger partial charge in [-0.3, -0.25) is 9.59 Å². The Kier molecular flexibility index (Phi) is 5.43. The normalized spacial score (nSPS) is 11.2. The lowest BCUT2D eigenvalue weighted by molar-refractivity contribution is -0.113. The van der Waals surface area contributed by atoms with Crippen LogP contribution in [0.4, 0.5) is 5.69 Å². The van der Waals surface area contributed by atoms with Crippen molar-refractivity contribution in [3.8, 4) is 5.69 Å². The van der Waals surface area contributed by atoms with E-state index in [9.17, 15) is 9.59 Å². The molecule has 0 aliphatic carbocycles. The number of fused-ring (bicyclic) bond motifs is 2. The van der Waals surface area contributed by atoms with E-state index < -0.39 is 0 Å². The highest BCUT2D eigenvalue weighted by molar-refractivity contribution is 7.99. The zero-order valence-corrected chi connectivity index (χ0v) is 18.9. The van der Waals surface area contributed by atoms with E-state index >= 15 is 0 Å². The van der Waals surface area contributed by atoms with Crippen molar-refractivity contribution in [3.63, 3.8) is 0 Å². The highest BCUT2D eigenvalue weighted by Crippen LogP contribution is 2.24. The molecular weight excluding hydrogens is 434 g/mol. The van der Waals surface area contributed by atoms with Crippen LogP contribution in [0.25, 0.3) is 27.5 Å². The Hall–Kier alpha value is -3.91. The molecule has 0 fully saturated rings.